The number of thioether (sulfide) groups is 1. The van der Waals surface area contributed by atoms with Crippen LogP contribution in [0, 0.1) is 0 Å². The van der Waals surface area contributed by atoms with E-state index in [4.69, 9.17) is 5.73 Å². The van der Waals surface area contributed by atoms with E-state index in [0.717, 1.165) is 11.3 Å². The predicted octanol–water partition coefficient (Wildman–Crippen LogP) is 3.18. The summed E-state index contributed by atoms with van der Waals surface area (Å²) >= 11 is 1.51. The summed E-state index contributed by atoms with van der Waals surface area (Å²) < 4.78 is 0. The number of amides is 2. The number of halogens is 1. The van der Waals surface area contributed by atoms with Crippen LogP contribution in [0.1, 0.15) is 22.8 Å². The molecule has 3 rings (SSSR count). The molecule has 27 heavy (non-hydrogen) atoms. The second kappa shape index (κ2) is 9.78. The molecule has 0 radical (unpaired) electrons. The van der Waals surface area contributed by atoms with Crippen LogP contribution in [0.15, 0.2) is 53.4 Å². The third-order valence-corrected chi connectivity index (χ3v) is 5.53. The van der Waals surface area contributed by atoms with Gasteiger partial charge in [0.15, 0.2) is 0 Å². The molecular weight excluding hydrogens is 382 g/mol. The minimum atomic E-state index is -0.122. The number of benzene rings is 2. The molecule has 3 N–H and O–H groups in total. The zero-order valence-corrected chi connectivity index (χ0v) is 16.8. The van der Waals surface area contributed by atoms with Gasteiger partial charge in [0.05, 0.1) is 10.9 Å². The first kappa shape index (κ1) is 21.3. The summed E-state index contributed by atoms with van der Waals surface area (Å²) in [6, 6.07) is 15.6. The number of nitrogens with two attached hydrogens (primary N) is 1. The van der Waals surface area contributed by atoms with Crippen molar-refractivity contribution in [2.45, 2.75) is 23.5 Å². The SMILES string of the molecule is CC1Sc2ccc(C(=O)N(CCN)CCc3ccccc3)cc2NC1=O.Cl. The van der Waals surface area contributed by atoms with E-state index in [9.17, 15) is 9.59 Å². The van der Waals surface area contributed by atoms with Gasteiger partial charge >= 0.3 is 0 Å². The fourth-order valence-electron chi connectivity index (χ4n) is 2.90. The smallest absolute Gasteiger partial charge is 0.253 e. The highest BCUT2D eigenvalue weighted by Gasteiger charge is 2.24. The number of rotatable bonds is 6. The molecule has 1 aliphatic heterocycles. The second-order valence-electron chi connectivity index (χ2n) is 6.28. The molecule has 0 saturated carbocycles. The van der Waals surface area contributed by atoms with Gasteiger partial charge in [-0.25, -0.2) is 0 Å². The fraction of sp³-hybridized carbons (Fsp3) is 0.300. The van der Waals surface area contributed by atoms with Crippen LogP contribution in [-0.4, -0.2) is 41.6 Å². The number of nitrogens with one attached hydrogen (secondary N) is 1. The zero-order valence-electron chi connectivity index (χ0n) is 15.2. The van der Waals surface area contributed by atoms with Crippen LogP contribution in [0.3, 0.4) is 0 Å². The molecule has 2 amide bonds. The van der Waals surface area contributed by atoms with Gasteiger partial charge in [-0.05, 0) is 37.1 Å². The topological polar surface area (TPSA) is 75.4 Å². The van der Waals surface area contributed by atoms with E-state index in [0.29, 0.717) is 30.9 Å². The van der Waals surface area contributed by atoms with E-state index in [1.54, 1.807) is 11.0 Å². The maximum absolute atomic E-state index is 12.9. The van der Waals surface area contributed by atoms with Crippen molar-refractivity contribution in [2.75, 3.05) is 25.0 Å². The van der Waals surface area contributed by atoms with E-state index >= 15 is 0 Å². The molecule has 1 atom stereocenters. The number of fused-ring (bicyclic) bond motifs is 1. The van der Waals surface area contributed by atoms with Crippen LogP contribution in [0.4, 0.5) is 5.69 Å². The summed E-state index contributed by atoms with van der Waals surface area (Å²) in [6.07, 6.45) is 0.779. The lowest BCUT2D eigenvalue weighted by molar-refractivity contribution is -0.115. The minimum Gasteiger partial charge on any atom is -0.337 e. The quantitative estimate of drug-likeness (QED) is 0.773. The molecule has 7 heteroatoms. The van der Waals surface area contributed by atoms with Gasteiger partial charge in [0.2, 0.25) is 5.91 Å². The highest BCUT2D eigenvalue weighted by molar-refractivity contribution is 8.00. The third kappa shape index (κ3) is 5.25. The van der Waals surface area contributed by atoms with Gasteiger partial charge in [-0.15, -0.1) is 24.2 Å². The van der Waals surface area contributed by atoms with Crippen molar-refractivity contribution in [3.63, 3.8) is 0 Å². The first-order chi connectivity index (χ1) is 12.6. The van der Waals surface area contributed by atoms with Gasteiger partial charge in [0, 0.05) is 30.1 Å². The number of nitrogens with zero attached hydrogens (tertiary/aromatic N) is 1. The Hall–Kier alpha value is -2.02. The van der Waals surface area contributed by atoms with Gasteiger partial charge in [-0.2, -0.15) is 0 Å². The molecular formula is C20H24ClN3O2S. The van der Waals surface area contributed by atoms with Crippen molar-refractivity contribution < 1.29 is 9.59 Å². The Bertz CT molecular complexity index is 801. The van der Waals surface area contributed by atoms with Crippen molar-refractivity contribution in [3.8, 4) is 0 Å². The molecule has 0 spiro atoms. The van der Waals surface area contributed by atoms with Crippen LogP contribution in [0.2, 0.25) is 0 Å². The molecule has 1 heterocycles. The normalized spacial score (nSPS) is 15.3. The Balaban J connectivity index is 0.00000261. The Labute approximate surface area is 170 Å². The lowest BCUT2D eigenvalue weighted by Crippen LogP contribution is -2.37. The van der Waals surface area contributed by atoms with Gasteiger partial charge in [0.1, 0.15) is 0 Å². The number of carbonyl (C=O) groups excluding carboxylic acids is 2. The van der Waals surface area contributed by atoms with E-state index in [1.165, 1.54) is 17.3 Å². The molecule has 0 aromatic heterocycles. The molecule has 0 bridgehead atoms. The summed E-state index contributed by atoms with van der Waals surface area (Å²) in [4.78, 5) is 27.6. The summed E-state index contributed by atoms with van der Waals surface area (Å²) in [5.74, 6) is -0.0953. The van der Waals surface area contributed by atoms with Gasteiger partial charge in [-0.1, -0.05) is 30.3 Å². The molecule has 5 nitrogen and oxygen atoms in total. The van der Waals surface area contributed by atoms with Crippen LogP contribution in [0.5, 0.6) is 0 Å². The maximum Gasteiger partial charge on any atom is 0.253 e. The molecule has 2 aromatic rings. The molecule has 144 valence electrons. The van der Waals surface area contributed by atoms with Crippen LogP contribution in [0.25, 0.3) is 0 Å². The first-order valence-corrected chi connectivity index (χ1v) is 9.61. The van der Waals surface area contributed by atoms with Crippen molar-refractivity contribution in [1.29, 1.82) is 0 Å². The van der Waals surface area contributed by atoms with Gasteiger partial charge < -0.3 is 16.0 Å². The predicted molar refractivity (Wildman–Crippen MR) is 113 cm³/mol. The van der Waals surface area contributed by atoms with E-state index in [2.05, 4.69) is 17.4 Å². The Kier molecular flexibility index (Phi) is 7.71. The van der Waals surface area contributed by atoms with Crippen LogP contribution >= 0.6 is 24.2 Å². The number of hydrogen-bond donors (Lipinski definition) is 2. The summed E-state index contributed by atoms with van der Waals surface area (Å²) in [6.45, 7) is 3.39. The van der Waals surface area contributed by atoms with E-state index < -0.39 is 0 Å². The molecule has 0 fully saturated rings. The minimum absolute atomic E-state index is 0. The Morgan fingerprint density at radius 3 is 2.63 bits per heavy atom. The average Bonchev–Trinajstić information content (AvgIpc) is 2.66. The Morgan fingerprint density at radius 2 is 1.93 bits per heavy atom. The maximum atomic E-state index is 12.9. The fourth-order valence-corrected chi connectivity index (χ4v) is 3.83. The number of hydrogen-bond acceptors (Lipinski definition) is 4. The number of carbonyl (C=O) groups is 2. The zero-order chi connectivity index (χ0) is 18.5. The standard InChI is InChI=1S/C20H23N3O2S.ClH/c1-14-19(24)22-17-13-16(7-8-18(17)26-14)20(25)23(12-10-21)11-9-15-5-3-2-4-6-15;/h2-8,13-14H,9-12,21H2,1H3,(H,22,24);1H. The highest BCUT2D eigenvalue weighted by atomic mass is 35.5. The monoisotopic (exact) mass is 405 g/mol. The molecule has 0 saturated heterocycles. The largest absolute Gasteiger partial charge is 0.337 e. The highest BCUT2D eigenvalue weighted by Crippen LogP contribution is 2.36. The van der Waals surface area contributed by atoms with Crippen molar-refractivity contribution >= 4 is 41.7 Å². The molecule has 1 aliphatic rings. The first-order valence-electron chi connectivity index (χ1n) is 8.73. The van der Waals surface area contributed by atoms with Crippen LogP contribution in [-0.2, 0) is 11.2 Å². The summed E-state index contributed by atoms with van der Waals surface area (Å²) in [5, 5.41) is 2.76. The van der Waals surface area contributed by atoms with Gasteiger partial charge in [0.25, 0.3) is 5.91 Å². The third-order valence-electron chi connectivity index (χ3n) is 4.36. The van der Waals surface area contributed by atoms with E-state index in [1.807, 2.05) is 37.3 Å². The molecule has 1 unspecified atom stereocenters. The number of anilines is 1. The Morgan fingerprint density at radius 1 is 1.19 bits per heavy atom. The van der Waals surface area contributed by atoms with E-state index in [-0.39, 0.29) is 29.5 Å². The summed E-state index contributed by atoms with van der Waals surface area (Å²) in [7, 11) is 0. The van der Waals surface area contributed by atoms with Crippen molar-refractivity contribution in [3.05, 3.63) is 59.7 Å². The van der Waals surface area contributed by atoms with Crippen LogP contribution < -0.4 is 11.1 Å². The van der Waals surface area contributed by atoms with Crippen molar-refractivity contribution in [2.24, 2.45) is 5.73 Å². The molecule has 2 aromatic carbocycles. The lowest BCUT2D eigenvalue weighted by atomic mass is 10.1. The average molecular weight is 406 g/mol. The molecule has 0 aliphatic carbocycles. The second-order valence-corrected chi connectivity index (χ2v) is 7.66. The summed E-state index contributed by atoms with van der Waals surface area (Å²) in [5.41, 5.74) is 8.17. The van der Waals surface area contributed by atoms with Gasteiger partial charge in [-0.3, -0.25) is 9.59 Å². The lowest BCUT2D eigenvalue weighted by Gasteiger charge is -2.25. The van der Waals surface area contributed by atoms with Crippen molar-refractivity contribution in [1.82, 2.24) is 4.90 Å².